The number of rotatable bonds is 11. The van der Waals surface area contributed by atoms with Gasteiger partial charge in [0, 0.05) is 12.1 Å². The third-order valence-electron chi connectivity index (χ3n) is 3.78. The van der Waals surface area contributed by atoms with E-state index in [1.165, 1.54) is 38.5 Å². The van der Waals surface area contributed by atoms with Crippen LogP contribution in [0.4, 0.5) is 0 Å². The molecule has 3 heteroatoms. The monoisotopic (exact) mass is 291 g/mol. The van der Waals surface area contributed by atoms with Gasteiger partial charge < -0.3 is 9.90 Å². The Balaban J connectivity index is 1.97. The lowest BCUT2D eigenvalue weighted by Gasteiger charge is -2.05. The van der Waals surface area contributed by atoms with Crippen LogP contribution in [-0.4, -0.2) is 15.9 Å². The predicted molar refractivity (Wildman–Crippen MR) is 86.6 cm³/mol. The number of ketones is 1. The molecular weight excluding hydrogens is 262 g/mol. The highest BCUT2D eigenvalue weighted by Gasteiger charge is 2.02. The van der Waals surface area contributed by atoms with Gasteiger partial charge in [0.15, 0.2) is 0 Å². The van der Waals surface area contributed by atoms with Crippen LogP contribution in [0, 0.1) is 6.92 Å². The van der Waals surface area contributed by atoms with Crippen molar-refractivity contribution in [1.29, 1.82) is 0 Å². The number of nitrogens with zero attached hydrogens (tertiary/aromatic N) is 1. The van der Waals surface area contributed by atoms with Gasteiger partial charge in [-0.1, -0.05) is 38.5 Å². The summed E-state index contributed by atoms with van der Waals surface area (Å²) in [5, 5.41) is 9.71. The molecule has 1 aromatic rings. The van der Waals surface area contributed by atoms with Crippen molar-refractivity contribution in [2.24, 2.45) is 0 Å². The zero-order chi connectivity index (χ0) is 15.5. The number of pyridine rings is 1. The summed E-state index contributed by atoms with van der Waals surface area (Å²) in [6.07, 6.45) is 11.2. The molecule has 1 heterocycles. The fraction of sp³-hybridized carbons (Fsp3) is 0.667. The molecule has 118 valence electrons. The van der Waals surface area contributed by atoms with Gasteiger partial charge in [0.1, 0.15) is 11.5 Å². The van der Waals surface area contributed by atoms with E-state index in [0.717, 1.165) is 37.1 Å². The van der Waals surface area contributed by atoms with Gasteiger partial charge in [-0.15, -0.1) is 0 Å². The largest absolute Gasteiger partial charge is 0.506 e. The van der Waals surface area contributed by atoms with E-state index in [9.17, 15) is 9.90 Å². The highest BCUT2D eigenvalue weighted by Crippen LogP contribution is 2.18. The minimum absolute atomic E-state index is 0.308. The minimum Gasteiger partial charge on any atom is -0.506 e. The first-order valence-corrected chi connectivity index (χ1v) is 8.24. The smallest absolute Gasteiger partial charge is 0.137 e. The molecule has 0 aliphatic rings. The average Bonchev–Trinajstić information content (AvgIpc) is 2.44. The molecule has 0 fully saturated rings. The van der Waals surface area contributed by atoms with E-state index in [1.807, 2.05) is 13.0 Å². The van der Waals surface area contributed by atoms with Gasteiger partial charge in [-0.05, 0) is 45.2 Å². The van der Waals surface area contributed by atoms with Crippen molar-refractivity contribution < 1.29 is 9.90 Å². The van der Waals surface area contributed by atoms with Gasteiger partial charge in [-0.2, -0.15) is 0 Å². The zero-order valence-corrected chi connectivity index (χ0v) is 13.5. The van der Waals surface area contributed by atoms with Crippen LogP contribution in [0.5, 0.6) is 5.75 Å². The second-order valence-electron chi connectivity index (χ2n) is 5.95. The molecule has 0 saturated heterocycles. The number of Topliss-reactive ketones (excluding diaryl/α,β-unsaturated/α-hetero) is 1. The number of aromatic hydroxyl groups is 1. The van der Waals surface area contributed by atoms with Crippen molar-refractivity contribution in [3.8, 4) is 5.75 Å². The van der Waals surface area contributed by atoms with Gasteiger partial charge >= 0.3 is 0 Å². The number of unbranched alkanes of at least 4 members (excludes halogenated alkanes) is 7. The van der Waals surface area contributed by atoms with E-state index >= 15 is 0 Å². The second-order valence-corrected chi connectivity index (χ2v) is 5.95. The van der Waals surface area contributed by atoms with Crippen LogP contribution in [0.2, 0.25) is 0 Å². The van der Waals surface area contributed by atoms with Crippen molar-refractivity contribution in [3.05, 3.63) is 23.5 Å². The lowest BCUT2D eigenvalue weighted by molar-refractivity contribution is -0.117. The van der Waals surface area contributed by atoms with Crippen LogP contribution >= 0.6 is 0 Å². The molecule has 0 aliphatic carbocycles. The number of carbonyl (C=O) groups excluding carboxylic acids is 1. The minimum atomic E-state index is 0.308. The second kappa shape index (κ2) is 10.4. The van der Waals surface area contributed by atoms with Crippen LogP contribution in [0.1, 0.15) is 76.1 Å². The molecule has 0 aromatic carbocycles. The van der Waals surface area contributed by atoms with Gasteiger partial charge in [0.2, 0.25) is 0 Å². The summed E-state index contributed by atoms with van der Waals surface area (Å²) in [5.74, 6) is 0.633. The Morgan fingerprint density at radius 3 is 2.19 bits per heavy atom. The van der Waals surface area contributed by atoms with Crippen LogP contribution in [-0.2, 0) is 11.2 Å². The van der Waals surface area contributed by atoms with E-state index < -0.39 is 0 Å². The quantitative estimate of drug-likeness (QED) is 0.599. The fourth-order valence-electron chi connectivity index (χ4n) is 2.51. The summed E-state index contributed by atoms with van der Waals surface area (Å²) in [5.41, 5.74) is 1.80. The lowest BCUT2D eigenvalue weighted by atomic mass is 10.0. The van der Waals surface area contributed by atoms with Crippen LogP contribution in [0.15, 0.2) is 12.1 Å². The fourth-order valence-corrected chi connectivity index (χ4v) is 2.51. The van der Waals surface area contributed by atoms with E-state index in [-0.39, 0.29) is 0 Å². The van der Waals surface area contributed by atoms with E-state index in [2.05, 4.69) is 4.98 Å². The average molecular weight is 291 g/mol. The number of carbonyl (C=O) groups is 1. The van der Waals surface area contributed by atoms with Crippen LogP contribution < -0.4 is 0 Å². The first kappa shape index (κ1) is 17.7. The normalized spacial score (nSPS) is 10.8. The molecule has 0 saturated carbocycles. The molecular formula is C18H29NO2. The molecule has 0 amide bonds. The summed E-state index contributed by atoms with van der Waals surface area (Å²) < 4.78 is 0. The third-order valence-corrected chi connectivity index (χ3v) is 3.78. The Morgan fingerprint density at radius 2 is 1.57 bits per heavy atom. The van der Waals surface area contributed by atoms with Crippen LogP contribution in [0.3, 0.4) is 0 Å². The zero-order valence-electron chi connectivity index (χ0n) is 13.5. The van der Waals surface area contributed by atoms with E-state index in [1.54, 1.807) is 13.0 Å². The van der Waals surface area contributed by atoms with E-state index in [4.69, 9.17) is 0 Å². The first-order chi connectivity index (χ1) is 10.1. The Bertz CT molecular complexity index is 429. The maximum atomic E-state index is 10.8. The van der Waals surface area contributed by atoms with E-state index in [0.29, 0.717) is 11.5 Å². The molecule has 1 aromatic heterocycles. The van der Waals surface area contributed by atoms with Crippen molar-refractivity contribution in [1.82, 2.24) is 4.98 Å². The summed E-state index contributed by atoms with van der Waals surface area (Å²) in [6.45, 7) is 3.62. The molecule has 0 spiro atoms. The highest BCUT2D eigenvalue weighted by atomic mass is 16.3. The first-order valence-electron chi connectivity index (χ1n) is 8.24. The molecule has 0 aliphatic heterocycles. The molecule has 3 nitrogen and oxygen atoms in total. The molecule has 0 radical (unpaired) electrons. The van der Waals surface area contributed by atoms with Crippen LogP contribution in [0.25, 0.3) is 0 Å². The maximum absolute atomic E-state index is 10.8. The maximum Gasteiger partial charge on any atom is 0.137 e. The Kier molecular flexibility index (Phi) is 8.72. The van der Waals surface area contributed by atoms with Gasteiger partial charge in [-0.3, -0.25) is 4.98 Å². The molecule has 0 bridgehead atoms. The molecule has 0 atom stereocenters. The molecule has 21 heavy (non-hydrogen) atoms. The number of aryl methyl sites for hydroxylation is 2. The lowest BCUT2D eigenvalue weighted by Crippen LogP contribution is -1.93. The van der Waals surface area contributed by atoms with Gasteiger partial charge in [0.05, 0.1) is 5.69 Å². The SMILES string of the molecule is CC(=O)CCCCCCCCCCc1nc(C)ccc1O. The molecule has 1 rings (SSSR count). The summed E-state index contributed by atoms with van der Waals surface area (Å²) >= 11 is 0. The predicted octanol–water partition coefficient (Wildman–Crippen LogP) is 4.74. The summed E-state index contributed by atoms with van der Waals surface area (Å²) in [4.78, 5) is 15.2. The van der Waals surface area contributed by atoms with Crippen molar-refractivity contribution >= 4 is 5.78 Å². The van der Waals surface area contributed by atoms with Crippen molar-refractivity contribution in [2.75, 3.05) is 0 Å². The third kappa shape index (κ3) is 8.49. The van der Waals surface area contributed by atoms with Gasteiger partial charge in [-0.25, -0.2) is 0 Å². The standard InChI is InChI=1S/C18H29NO2/c1-15-13-14-18(21)17(19-15)12-10-8-6-4-3-5-7-9-11-16(2)20/h13-14,21H,3-12H2,1-2H3. The highest BCUT2D eigenvalue weighted by molar-refractivity contribution is 5.75. The topological polar surface area (TPSA) is 50.2 Å². The number of aromatic nitrogens is 1. The molecule has 0 unspecified atom stereocenters. The van der Waals surface area contributed by atoms with Crippen molar-refractivity contribution in [2.45, 2.75) is 78.1 Å². The summed E-state index contributed by atoms with van der Waals surface area (Å²) in [7, 11) is 0. The number of hydrogen-bond acceptors (Lipinski definition) is 3. The Labute approximate surface area is 128 Å². The Morgan fingerprint density at radius 1 is 1.00 bits per heavy atom. The molecule has 1 N–H and O–H groups in total. The summed E-state index contributed by atoms with van der Waals surface area (Å²) in [6, 6.07) is 3.57. The van der Waals surface area contributed by atoms with Gasteiger partial charge in [0.25, 0.3) is 0 Å². The number of hydrogen-bond donors (Lipinski definition) is 1. The van der Waals surface area contributed by atoms with Crippen molar-refractivity contribution in [3.63, 3.8) is 0 Å². The Hall–Kier alpha value is -1.38.